The second-order valence-corrected chi connectivity index (χ2v) is 9.14. The predicted octanol–water partition coefficient (Wildman–Crippen LogP) is 5.05. The van der Waals surface area contributed by atoms with Gasteiger partial charge in [0.1, 0.15) is 10.8 Å². The third-order valence-corrected chi connectivity index (χ3v) is 6.39. The molecule has 3 aromatic rings. The molecule has 8 nitrogen and oxygen atoms in total. The summed E-state index contributed by atoms with van der Waals surface area (Å²) >= 11 is 1.20. The van der Waals surface area contributed by atoms with Crippen molar-refractivity contribution in [2.75, 3.05) is 18.1 Å². The van der Waals surface area contributed by atoms with Crippen LogP contribution in [0.3, 0.4) is 0 Å². The maximum atomic E-state index is 13.2. The number of aryl methyl sites for hydroxylation is 1. The normalized spacial score (nSPS) is 17.1. The Hall–Kier alpha value is -3.72. The number of Topliss-reactive ketones (excluding diaryl/α,β-unsaturated/α-hetero) is 1. The average Bonchev–Trinajstić information content (AvgIpc) is 3.40. The van der Waals surface area contributed by atoms with Crippen LogP contribution in [0.1, 0.15) is 48.9 Å². The topological polar surface area (TPSA) is 102 Å². The zero-order valence-electron chi connectivity index (χ0n) is 19.9. The fourth-order valence-electron chi connectivity index (χ4n) is 3.89. The molecule has 0 spiro atoms. The first kappa shape index (κ1) is 24.4. The summed E-state index contributed by atoms with van der Waals surface area (Å²) in [5.74, 6) is -0.732. The molecule has 0 bridgehead atoms. The quantitative estimate of drug-likeness (QED) is 0.193. The standard InChI is InChI=1S/C26H27N3O5S/c1-4-6-14-34-19-13-12-18(15-20(19)33-5-2)22-21(23(30)17-10-8-7-9-11-17)24(31)25(32)29(22)26-28-27-16(3)35-26/h7-13,15,22,30H,4-6,14H2,1-3H3/b23-21+. The minimum absolute atomic E-state index is 0.0175. The number of unbranched alkanes of at least 4 members (excludes halogenated alkanes) is 1. The summed E-state index contributed by atoms with van der Waals surface area (Å²) < 4.78 is 11.7. The van der Waals surface area contributed by atoms with Crippen LogP contribution in [0.5, 0.6) is 11.5 Å². The number of rotatable bonds is 9. The highest BCUT2D eigenvalue weighted by Crippen LogP contribution is 2.44. The molecular formula is C26H27N3O5S. The minimum Gasteiger partial charge on any atom is -0.507 e. The van der Waals surface area contributed by atoms with E-state index >= 15 is 0 Å². The van der Waals surface area contributed by atoms with Crippen LogP contribution in [0.25, 0.3) is 5.76 Å². The van der Waals surface area contributed by atoms with Crippen LogP contribution in [-0.4, -0.2) is 40.2 Å². The smallest absolute Gasteiger partial charge is 0.301 e. The van der Waals surface area contributed by atoms with Gasteiger partial charge in [-0.25, -0.2) is 0 Å². The molecule has 1 aliphatic heterocycles. The number of ketones is 1. The van der Waals surface area contributed by atoms with E-state index in [2.05, 4.69) is 17.1 Å². The molecule has 1 unspecified atom stereocenters. The summed E-state index contributed by atoms with van der Waals surface area (Å²) in [6.45, 7) is 6.68. The van der Waals surface area contributed by atoms with Gasteiger partial charge in [-0.1, -0.05) is 61.1 Å². The lowest BCUT2D eigenvalue weighted by Gasteiger charge is -2.23. The van der Waals surface area contributed by atoms with E-state index in [9.17, 15) is 14.7 Å². The SMILES string of the molecule is CCCCOc1ccc(C2/C(=C(\O)c3ccccc3)C(=O)C(=O)N2c2nnc(C)s2)cc1OCC. The summed E-state index contributed by atoms with van der Waals surface area (Å²) in [5, 5.41) is 20.2. The van der Waals surface area contributed by atoms with Crippen LogP contribution >= 0.6 is 11.3 Å². The number of anilines is 1. The van der Waals surface area contributed by atoms with Crippen molar-refractivity contribution < 1.29 is 24.2 Å². The summed E-state index contributed by atoms with van der Waals surface area (Å²) in [6.07, 6.45) is 1.90. The number of aliphatic hydroxyl groups excluding tert-OH is 1. The molecule has 1 fully saturated rings. The molecule has 35 heavy (non-hydrogen) atoms. The van der Waals surface area contributed by atoms with Crippen LogP contribution < -0.4 is 14.4 Å². The number of aromatic nitrogens is 2. The molecular weight excluding hydrogens is 466 g/mol. The largest absolute Gasteiger partial charge is 0.507 e. The molecule has 0 radical (unpaired) electrons. The van der Waals surface area contributed by atoms with Gasteiger partial charge in [0.05, 0.1) is 24.8 Å². The molecule has 1 saturated heterocycles. The van der Waals surface area contributed by atoms with E-state index in [4.69, 9.17) is 9.47 Å². The van der Waals surface area contributed by atoms with Crippen LogP contribution in [0, 0.1) is 6.92 Å². The molecule has 1 aliphatic rings. The van der Waals surface area contributed by atoms with Gasteiger partial charge >= 0.3 is 5.91 Å². The fourth-order valence-corrected chi connectivity index (χ4v) is 4.60. The molecule has 1 N–H and O–H groups in total. The van der Waals surface area contributed by atoms with Crippen molar-refractivity contribution in [1.82, 2.24) is 10.2 Å². The number of benzene rings is 2. The number of carbonyl (C=O) groups is 2. The monoisotopic (exact) mass is 493 g/mol. The van der Waals surface area contributed by atoms with Gasteiger partial charge in [0, 0.05) is 5.56 Å². The van der Waals surface area contributed by atoms with Gasteiger partial charge < -0.3 is 14.6 Å². The molecule has 182 valence electrons. The lowest BCUT2D eigenvalue weighted by atomic mass is 9.95. The molecule has 9 heteroatoms. The first-order valence-corrected chi connectivity index (χ1v) is 12.3. The number of aliphatic hydroxyl groups is 1. The number of nitrogens with zero attached hydrogens (tertiary/aromatic N) is 3. The maximum absolute atomic E-state index is 13.2. The zero-order valence-corrected chi connectivity index (χ0v) is 20.7. The van der Waals surface area contributed by atoms with Gasteiger partial charge in [-0.15, -0.1) is 10.2 Å². The Kier molecular flexibility index (Phi) is 7.45. The van der Waals surface area contributed by atoms with E-state index in [1.54, 1.807) is 49.4 Å². The van der Waals surface area contributed by atoms with Gasteiger partial charge in [-0.3, -0.25) is 14.5 Å². The van der Waals surface area contributed by atoms with E-state index in [1.807, 2.05) is 13.0 Å². The van der Waals surface area contributed by atoms with E-state index in [0.717, 1.165) is 12.8 Å². The van der Waals surface area contributed by atoms with Gasteiger partial charge in [0.2, 0.25) is 5.13 Å². The lowest BCUT2D eigenvalue weighted by Crippen LogP contribution is -2.29. The second-order valence-electron chi connectivity index (χ2n) is 7.98. The van der Waals surface area contributed by atoms with E-state index in [1.165, 1.54) is 16.2 Å². The Labute approximate surface area is 207 Å². The van der Waals surface area contributed by atoms with E-state index < -0.39 is 17.7 Å². The van der Waals surface area contributed by atoms with Gasteiger partial charge in [0.15, 0.2) is 11.5 Å². The van der Waals surface area contributed by atoms with E-state index in [0.29, 0.717) is 40.8 Å². The molecule has 2 aromatic carbocycles. The van der Waals surface area contributed by atoms with Crippen LogP contribution in [0.15, 0.2) is 54.1 Å². The van der Waals surface area contributed by atoms with Crippen molar-refractivity contribution in [3.8, 4) is 11.5 Å². The predicted molar refractivity (Wildman–Crippen MR) is 134 cm³/mol. The molecule has 0 aliphatic carbocycles. The molecule has 0 saturated carbocycles. The summed E-state index contributed by atoms with van der Waals surface area (Å²) in [5.41, 5.74) is 1.01. The number of hydrogen-bond donors (Lipinski definition) is 1. The molecule has 2 heterocycles. The Morgan fingerprint density at radius 1 is 1.06 bits per heavy atom. The third kappa shape index (κ3) is 4.90. The van der Waals surface area contributed by atoms with Crippen molar-refractivity contribution in [2.24, 2.45) is 0 Å². The zero-order chi connectivity index (χ0) is 24.9. The summed E-state index contributed by atoms with van der Waals surface area (Å²) in [7, 11) is 0. The highest BCUT2D eigenvalue weighted by Gasteiger charge is 2.48. The van der Waals surface area contributed by atoms with Crippen LogP contribution in [0.4, 0.5) is 5.13 Å². The molecule has 1 atom stereocenters. The van der Waals surface area contributed by atoms with Crippen molar-refractivity contribution in [3.05, 3.63) is 70.2 Å². The van der Waals surface area contributed by atoms with Crippen LogP contribution in [-0.2, 0) is 9.59 Å². The first-order valence-electron chi connectivity index (χ1n) is 11.5. The highest BCUT2D eigenvalue weighted by atomic mass is 32.1. The first-order chi connectivity index (χ1) is 17.0. The number of carbonyl (C=O) groups excluding carboxylic acids is 2. The Morgan fingerprint density at radius 2 is 1.83 bits per heavy atom. The van der Waals surface area contributed by atoms with Crippen molar-refractivity contribution >= 4 is 33.9 Å². The van der Waals surface area contributed by atoms with Gasteiger partial charge in [-0.2, -0.15) is 0 Å². The van der Waals surface area contributed by atoms with Crippen LogP contribution in [0.2, 0.25) is 0 Å². The second kappa shape index (κ2) is 10.7. The molecule has 1 amide bonds. The number of ether oxygens (including phenoxy) is 2. The molecule has 1 aromatic heterocycles. The molecule has 4 rings (SSSR count). The Morgan fingerprint density at radius 3 is 2.49 bits per heavy atom. The van der Waals surface area contributed by atoms with Crippen molar-refractivity contribution in [3.63, 3.8) is 0 Å². The summed E-state index contributed by atoms with van der Waals surface area (Å²) in [4.78, 5) is 27.7. The summed E-state index contributed by atoms with van der Waals surface area (Å²) in [6, 6.07) is 13.1. The lowest BCUT2D eigenvalue weighted by molar-refractivity contribution is -0.132. The fraction of sp³-hybridized carbons (Fsp3) is 0.308. The number of hydrogen-bond acceptors (Lipinski definition) is 8. The third-order valence-electron chi connectivity index (χ3n) is 5.55. The van der Waals surface area contributed by atoms with Gasteiger partial charge in [0.25, 0.3) is 5.78 Å². The van der Waals surface area contributed by atoms with E-state index in [-0.39, 0.29) is 16.5 Å². The van der Waals surface area contributed by atoms with Crippen molar-refractivity contribution in [2.45, 2.75) is 39.7 Å². The minimum atomic E-state index is -0.911. The Balaban J connectivity index is 1.87. The van der Waals surface area contributed by atoms with Gasteiger partial charge in [-0.05, 0) is 38.0 Å². The maximum Gasteiger partial charge on any atom is 0.301 e. The highest BCUT2D eigenvalue weighted by molar-refractivity contribution is 7.15. The number of amides is 1. The van der Waals surface area contributed by atoms with Crippen molar-refractivity contribution in [1.29, 1.82) is 0 Å². The average molecular weight is 494 g/mol. The Bertz CT molecular complexity index is 1250.